The number of pyridine rings is 1. The molecule has 22 heavy (non-hydrogen) atoms. The van der Waals surface area contributed by atoms with E-state index in [9.17, 15) is 0 Å². The fourth-order valence-corrected chi connectivity index (χ4v) is 3.02. The van der Waals surface area contributed by atoms with E-state index in [0.717, 1.165) is 29.2 Å². The molecule has 0 bridgehead atoms. The Balaban J connectivity index is 2.10. The summed E-state index contributed by atoms with van der Waals surface area (Å²) in [4.78, 5) is 4.54. The third kappa shape index (κ3) is 2.68. The van der Waals surface area contributed by atoms with Gasteiger partial charge in [0, 0.05) is 17.3 Å². The number of nitrogens with zero attached hydrogens (tertiary/aromatic N) is 1. The molecule has 0 saturated heterocycles. The van der Waals surface area contributed by atoms with Crippen molar-refractivity contribution in [2.75, 3.05) is 14.2 Å². The zero-order valence-electron chi connectivity index (χ0n) is 13.6. The number of aromatic nitrogens is 1. The molecule has 3 heteroatoms. The molecule has 1 aliphatic rings. The number of ether oxygens (including phenoxy) is 2. The van der Waals surface area contributed by atoms with Gasteiger partial charge in [0.15, 0.2) is 11.5 Å². The largest absolute Gasteiger partial charge is 0.493 e. The van der Waals surface area contributed by atoms with Gasteiger partial charge in [0.2, 0.25) is 0 Å². The normalized spacial score (nSPS) is 14.5. The average Bonchev–Trinajstić information content (AvgIpc) is 2.52. The third-order valence-electron chi connectivity index (χ3n) is 4.58. The van der Waals surface area contributed by atoms with E-state index < -0.39 is 0 Å². The molecule has 1 aromatic carbocycles. The van der Waals surface area contributed by atoms with E-state index in [2.05, 4.69) is 30.1 Å². The summed E-state index contributed by atoms with van der Waals surface area (Å²) >= 11 is 0. The highest BCUT2D eigenvalue weighted by Crippen LogP contribution is 2.46. The smallest absolute Gasteiger partial charge is 0.164 e. The third-order valence-corrected chi connectivity index (χ3v) is 4.58. The Hall–Kier alpha value is -2.03. The Labute approximate surface area is 132 Å². The Bertz CT molecular complexity index is 662. The Morgan fingerprint density at radius 2 is 1.95 bits per heavy atom. The minimum absolute atomic E-state index is 0.582. The Kier molecular flexibility index (Phi) is 4.32. The van der Waals surface area contributed by atoms with Gasteiger partial charge in [-0.05, 0) is 55.0 Å². The molecule has 1 heterocycles. The van der Waals surface area contributed by atoms with E-state index in [1.165, 1.54) is 30.4 Å². The molecule has 0 amide bonds. The maximum Gasteiger partial charge on any atom is 0.164 e. The van der Waals surface area contributed by atoms with Gasteiger partial charge in [-0.25, -0.2) is 0 Å². The summed E-state index contributed by atoms with van der Waals surface area (Å²) in [6, 6.07) is 8.48. The molecular formula is C19H23NO2. The summed E-state index contributed by atoms with van der Waals surface area (Å²) in [5.41, 5.74) is 4.66. The lowest BCUT2D eigenvalue weighted by molar-refractivity contribution is 0.337. The molecule has 0 atom stereocenters. The first-order valence-corrected chi connectivity index (χ1v) is 7.98. The van der Waals surface area contributed by atoms with E-state index in [1.54, 1.807) is 14.2 Å². The van der Waals surface area contributed by atoms with Crippen LogP contribution in [0.2, 0.25) is 0 Å². The SMILES string of the molecule is CCc1ccnc(-c2cc(OC)c(OC)c(C3CCC3)c2)c1. The van der Waals surface area contributed by atoms with Crippen molar-refractivity contribution < 1.29 is 9.47 Å². The zero-order valence-corrected chi connectivity index (χ0v) is 13.6. The van der Waals surface area contributed by atoms with Crippen LogP contribution in [0.3, 0.4) is 0 Å². The van der Waals surface area contributed by atoms with Crippen LogP contribution in [-0.2, 0) is 6.42 Å². The fourth-order valence-electron chi connectivity index (χ4n) is 3.02. The molecule has 0 N–H and O–H groups in total. The summed E-state index contributed by atoms with van der Waals surface area (Å²) in [7, 11) is 3.41. The van der Waals surface area contributed by atoms with Gasteiger partial charge >= 0.3 is 0 Å². The maximum absolute atomic E-state index is 5.61. The summed E-state index contributed by atoms with van der Waals surface area (Å²) in [5, 5.41) is 0. The maximum atomic E-state index is 5.61. The van der Waals surface area contributed by atoms with E-state index >= 15 is 0 Å². The van der Waals surface area contributed by atoms with E-state index in [1.807, 2.05) is 12.3 Å². The van der Waals surface area contributed by atoms with Gasteiger partial charge in [-0.3, -0.25) is 4.98 Å². The molecule has 2 aromatic rings. The van der Waals surface area contributed by atoms with Gasteiger partial charge in [0.1, 0.15) is 0 Å². The van der Waals surface area contributed by atoms with Crippen LogP contribution in [0.4, 0.5) is 0 Å². The molecule has 1 aliphatic carbocycles. The molecule has 1 fully saturated rings. The highest BCUT2D eigenvalue weighted by Gasteiger charge is 2.26. The first kappa shape index (κ1) is 14.9. The van der Waals surface area contributed by atoms with Gasteiger partial charge < -0.3 is 9.47 Å². The molecule has 0 unspecified atom stereocenters. The molecule has 1 saturated carbocycles. The number of rotatable bonds is 5. The lowest BCUT2D eigenvalue weighted by Gasteiger charge is -2.28. The standard InChI is InChI=1S/C19H23NO2/c1-4-13-8-9-20-17(10-13)15-11-16(14-6-5-7-14)19(22-3)18(12-15)21-2/h8-12,14H,4-7H2,1-3H3. The number of hydrogen-bond acceptors (Lipinski definition) is 3. The number of hydrogen-bond donors (Lipinski definition) is 0. The van der Waals surface area contributed by atoms with Gasteiger partial charge in [0.05, 0.1) is 19.9 Å². The second kappa shape index (κ2) is 6.39. The van der Waals surface area contributed by atoms with Crippen LogP contribution in [0.5, 0.6) is 11.5 Å². The molecule has 3 rings (SSSR count). The molecule has 1 aromatic heterocycles. The zero-order chi connectivity index (χ0) is 15.5. The monoisotopic (exact) mass is 297 g/mol. The number of benzene rings is 1. The van der Waals surface area contributed by atoms with E-state index in [-0.39, 0.29) is 0 Å². The van der Waals surface area contributed by atoms with Crippen molar-refractivity contribution in [1.82, 2.24) is 4.98 Å². The summed E-state index contributed by atoms with van der Waals surface area (Å²) in [6.45, 7) is 2.16. The summed E-state index contributed by atoms with van der Waals surface area (Å²) in [6.07, 6.45) is 6.65. The Morgan fingerprint density at radius 1 is 1.14 bits per heavy atom. The van der Waals surface area contributed by atoms with Gasteiger partial charge in [-0.15, -0.1) is 0 Å². The van der Waals surface area contributed by atoms with Crippen molar-refractivity contribution in [2.24, 2.45) is 0 Å². The topological polar surface area (TPSA) is 31.4 Å². The van der Waals surface area contributed by atoms with Crippen molar-refractivity contribution in [2.45, 2.75) is 38.5 Å². The number of aryl methyl sites for hydroxylation is 1. The van der Waals surface area contributed by atoms with Crippen molar-refractivity contribution in [3.63, 3.8) is 0 Å². The first-order chi connectivity index (χ1) is 10.8. The van der Waals surface area contributed by atoms with E-state index in [0.29, 0.717) is 5.92 Å². The second-order valence-electron chi connectivity index (χ2n) is 5.83. The molecule has 3 nitrogen and oxygen atoms in total. The van der Waals surface area contributed by atoms with Gasteiger partial charge in [0.25, 0.3) is 0 Å². The van der Waals surface area contributed by atoms with Crippen LogP contribution in [0.25, 0.3) is 11.3 Å². The van der Waals surface area contributed by atoms with Crippen LogP contribution < -0.4 is 9.47 Å². The van der Waals surface area contributed by atoms with Gasteiger partial charge in [-0.2, -0.15) is 0 Å². The molecular weight excluding hydrogens is 274 g/mol. The van der Waals surface area contributed by atoms with Crippen LogP contribution in [0.15, 0.2) is 30.5 Å². The summed E-state index contributed by atoms with van der Waals surface area (Å²) < 4.78 is 11.2. The Morgan fingerprint density at radius 3 is 2.55 bits per heavy atom. The number of methoxy groups -OCH3 is 2. The van der Waals surface area contributed by atoms with Crippen molar-refractivity contribution in [1.29, 1.82) is 0 Å². The van der Waals surface area contributed by atoms with Crippen LogP contribution in [-0.4, -0.2) is 19.2 Å². The highest BCUT2D eigenvalue weighted by molar-refractivity contribution is 5.67. The van der Waals surface area contributed by atoms with Crippen molar-refractivity contribution in [3.05, 3.63) is 41.6 Å². The van der Waals surface area contributed by atoms with E-state index in [4.69, 9.17) is 9.47 Å². The summed E-state index contributed by atoms with van der Waals surface area (Å²) in [5.74, 6) is 2.26. The van der Waals surface area contributed by atoms with Crippen molar-refractivity contribution in [3.8, 4) is 22.8 Å². The van der Waals surface area contributed by atoms with Crippen molar-refractivity contribution >= 4 is 0 Å². The van der Waals surface area contributed by atoms with Crippen LogP contribution in [0, 0.1) is 0 Å². The fraction of sp³-hybridized carbons (Fsp3) is 0.421. The predicted molar refractivity (Wildman–Crippen MR) is 88.7 cm³/mol. The lowest BCUT2D eigenvalue weighted by Crippen LogP contribution is -2.11. The average molecular weight is 297 g/mol. The highest BCUT2D eigenvalue weighted by atomic mass is 16.5. The van der Waals surface area contributed by atoms with Gasteiger partial charge in [-0.1, -0.05) is 13.3 Å². The predicted octanol–water partition coefficient (Wildman–Crippen LogP) is 4.60. The van der Waals surface area contributed by atoms with Crippen LogP contribution >= 0.6 is 0 Å². The second-order valence-corrected chi connectivity index (χ2v) is 5.83. The lowest BCUT2D eigenvalue weighted by atomic mass is 9.79. The minimum atomic E-state index is 0.582. The molecule has 0 radical (unpaired) electrons. The molecule has 116 valence electrons. The molecule has 0 aliphatic heterocycles. The minimum Gasteiger partial charge on any atom is -0.493 e. The first-order valence-electron chi connectivity index (χ1n) is 7.98. The molecule has 0 spiro atoms. The quantitative estimate of drug-likeness (QED) is 0.808. The van der Waals surface area contributed by atoms with Crippen LogP contribution in [0.1, 0.15) is 43.2 Å².